The highest BCUT2D eigenvalue weighted by atomic mass is 16.6. The summed E-state index contributed by atoms with van der Waals surface area (Å²) in [6, 6.07) is -0.0615. The Bertz CT molecular complexity index is 223. The van der Waals surface area contributed by atoms with Crippen LogP contribution in [0.15, 0.2) is 0 Å². The zero-order valence-electron chi connectivity index (χ0n) is 11.8. The molecule has 0 aromatic heterocycles. The van der Waals surface area contributed by atoms with Crippen molar-refractivity contribution in [2.75, 3.05) is 13.2 Å². The number of ether oxygens (including phenoxy) is 1. The van der Waals surface area contributed by atoms with Crippen LogP contribution < -0.4 is 0 Å². The van der Waals surface area contributed by atoms with Crippen LogP contribution in [0.5, 0.6) is 0 Å². The summed E-state index contributed by atoms with van der Waals surface area (Å²) < 4.78 is 5.29. The Kier molecular flexibility index (Phi) is 7.19. The molecule has 17 heavy (non-hydrogen) atoms. The van der Waals surface area contributed by atoms with E-state index in [1.165, 1.54) is 0 Å². The van der Waals surface area contributed by atoms with Gasteiger partial charge in [-0.25, -0.2) is 4.79 Å². The minimum Gasteiger partial charge on any atom is -0.444 e. The maximum absolute atomic E-state index is 11.8. The molecule has 1 atom stereocenters. The van der Waals surface area contributed by atoms with E-state index in [1.54, 1.807) is 4.90 Å². The van der Waals surface area contributed by atoms with E-state index in [2.05, 4.69) is 0 Å². The largest absolute Gasteiger partial charge is 0.444 e. The Morgan fingerprint density at radius 3 is 2.41 bits per heavy atom. The number of nitrogens with zero attached hydrogens (tertiary/aromatic N) is 1. The smallest absolute Gasteiger partial charge is 0.410 e. The Hall–Kier alpha value is -0.770. The van der Waals surface area contributed by atoms with Crippen molar-refractivity contribution in [1.29, 1.82) is 0 Å². The highest BCUT2D eigenvalue weighted by Gasteiger charge is 2.29. The molecule has 0 aromatic rings. The topological polar surface area (TPSA) is 49.8 Å². The van der Waals surface area contributed by atoms with Crippen molar-refractivity contribution in [3.05, 3.63) is 0 Å². The second kappa shape index (κ2) is 7.54. The fraction of sp³-hybridized carbons (Fsp3) is 0.923. The number of likely N-dealkylation sites (tertiary alicyclic amines) is 1. The van der Waals surface area contributed by atoms with Crippen LogP contribution in [0.3, 0.4) is 0 Å². The number of aliphatic hydroxyl groups excluding tert-OH is 1. The van der Waals surface area contributed by atoms with E-state index in [9.17, 15) is 4.79 Å². The predicted octanol–water partition coefficient (Wildman–Crippen LogP) is 2.79. The molecule has 1 unspecified atom stereocenters. The van der Waals surface area contributed by atoms with Gasteiger partial charge in [0.25, 0.3) is 0 Å². The Morgan fingerprint density at radius 1 is 1.35 bits per heavy atom. The molecule has 0 spiro atoms. The number of aliphatic hydroxyl groups is 1. The first-order chi connectivity index (χ1) is 7.94. The molecular formula is C13H27NO3. The number of carbonyl (C=O) groups excluding carboxylic acids is 1. The van der Waals surface area contributed by atoms with Gasteiger partial charge in [0.2, 0.25) is 0 Å². The van der Waals surface area contributed by atoms with Crippen LogP contribution in [0.25, 0.3) is 0 Å². The van der Waals surface area contributed by atoms with Gasteiger partial charge >= 0.3 is 6.09 Å². The Morgan fingerprint density at radius 2 is 1.94 bits per heavy atom. The van der Waals surface area contributed by atoms with Crippen molar-refractivity contribution in [1.82, 2.24) is 4.90 Å². The zero-order chi connectivity index (χ0) is 13.5. The third-order valence-electron chi connectivity index (χ3n) is 2.47. The molecule has 1 heterocycles. The highest BCUT2D eigenvalue weighted by molar-refractivity contribution is 5.68. The fourth-order valence-electron chi connectivity index (χ4n) is 1.75. The quantitative estimate of drug-likeness (QED) is 0.773. The van der Waals surface area contributed by atoms with Crippen LogP contribution >= 0.6 is 0 Å². The highest BCUT2D eigenvalue weighted by Crippen LogP contribution is 2.19. The van der Waals surface area contributed by atoms with Crippen molar-refractivity contribution >= 4 is 6.09 Å². The van der Waals surface area contributed by atoms with E-state index < -0.39 is 5.60 Å². The maximum atomic E-state index is 11.8. The van der Waals surface area contributed by atoms with Gasteiger partial charge in [0.15, 0.2) is 0 Å². The zero-order valence-corrected chi connectivity index (χ0v) is 11.8. The van der Waals surface area contributed by atoms with Crippen LogP contribution in [0.1, 0.15) is 53.9 Å². The van der Waals surface area contributed by atoms with Gasteiger partial charge in [0.1, 0.15) is 5.60 Å². The molecule has 0 radical (unpaired) electrons. The first-order valence-electron chi connectivity index (χ1n) is 6.54. The number of amides is 1. The van der Waals surface area contributed by atoms with Gasteiger partial charge in [-0.1, -0.05) is 13.8 Å². The van der Waals surface area contributed by atoms with Gasteiger partial charge in [-0.3, -0.25) is 0 Å². The monoisotopic (exact) mass is 245 g/mol. The first-order valence-corrected chi connectivity index (χ1v) is 6.54. The molecular weight excluding hydrogens is 218 g/mol. The van der Waals surface area contributed by atoms with Gasteiger partial charge in [0.05, 0.1) is 12.6 Å². The third-order valence-corrected chi connectivity index (χ3v) is 2.47. The minimum atomic E-state index is -0.464. The molecule has 0 bridgehead atoms. The summed E-state index contributed by atoms with van der Waals surface area (Å²) in [7, 11) is 0. The summed E-state index contributed by atoms with van der Waals surface area (Å²) in [5.41, 5.74) is -0.464. The summed E-state index contributed by atoms with van der Waals surface area (Å²) >= 11 is 0. The van der Waals surface area contributed by atoms with E-state index in [0.717, 1.165) is 19.3 Å². The van der Waals surface area contributed by atoms with Crippen LogP contribution in [0.4, 0.5) is 4.79 Å². The number of rotatable bonds is 1. The van der Waals surface area contributed by atoms with Crippen molar-refractivity contribution in [3.8, 4) is 0 Å². The number of carbonyl (C=O) groups is 1. The van der Waals surface area contributed by atoms with E-state index >= 15 is 0 Å². The molecule has 1 aliphatic heterocycles. The summed E-state index contributed by atoms with van der Waals surface area (Å²) in [5, 5.41) is 9.16. The lowest BCUT2D eigenvalue weighted by Crippen LogP contribution is -2.47. The fourth-order valence-corrected chi connectivity index (χ4v) is 1.75. The number of hydrogen-bond donors (Lipinski definition) is 1. The molecule has 1 rings (SSSR count). The minimum absolute atomic E-state index is 0.0270. The second-order valence-corrected chi connectivity index (χ2v) is 5.01. The summed E-state index contributed by atoms with van der Waals surface area (Å²) in [6.45, 7) is 10.3. The molecule has 4 heteroatoms. The average molecular weight is 245 g/mol. The molecule has 1 amide bonds. The van der Waals surface area contributed by atoms with Gasteiger partial charge < -0.3 is 14.7 Å². The van der Waals surface area contributed by atoms with Gasteiger partial charge in [-0.15, -0.1) is 0 Å². The third kappa shape index (κ3) is 5.91. The lowest BCUT2D eigenvalue weighted by molar-refractivity contribution is 0.00182. The van der Waals surface area contributed by atoms with Crippen LogP contribution in [-0.2, 0) is 4.74 Å². The first kappa shape index (κ1) is 16.2. The second-order valence-electron chi connectivity index (χ2n) is 5.01. The number of piperidine rings is 1. The standard InChI is InChI=1S/C11H21NO3.C2H6/c1-11(2,3)15-10(14)12-7-5-4-6-9(12)8-13;1-2/h9,13H,4-8H2,1-3H3;1-2H3. The molecule has 1 aliphatic rings. The molecule has 0 saturated carbocycles. The molecule has 102 valence electrons. The van der Waals surface area contributed by atoms with Crippen LogP contribution in [-0.4, -0.2) is 40.9 Å². The van der Waals surface area contributed by atoms with E-state index in [4.69, 9.17) is 9.84 Å². The molecule has 0 aromatic carbocycles. The lowest BCUT2D eigenvalue weighted by Gasteiger charge is -2.35. The normalized spacial score (nSPS) is 20.4. The van der Waals surface area contributed by atoms with Crippen molar-refractivity contribution in [3.63, 3.8) is 0 Å². The Labute approximate surface area is 105 Å². The van der Waals surface area contributed by atoms with E-state index in [0.29, 0.717) is 6.54 Å². The Balaban J connectivity index is 0.00000121. The van der Waals surface area contributed by atoms with Crippen LogP contribution in [0.2, 0.25) is 0 Å². The van der Waals surface area contributed by atoms with Gasteiger partial charge in [-0.05, 0) is 40.0 Å². The molecule has 1 fully saturated rings. The molecule has 1 saturated heterocycles. The maximum Gasteiger partial charge on any atom is 0.410 e. The molecule has 4 nitrogen and oxygen atoms in total. The average Bonchev–Trinajstić information content (AvgIpc) is 2.29. The molecule has 1 N–H and O–H groups in total. The van der Waals surface area contributed by atoms with Gasteiger partial charge in [-0.2, -0.15) is 0 Å². The van der Waals surface area contributed by atoms with E-state index in [-0.39, 0.29) is 18.7 Å². The summed E-state index contributed by atoms with van der Waals surface area (Å²) in [6.07, 6.45) is 2.64. The van der Waals surface area contributed by atoms with Crippen LogP contribution in [0, 0.1) is 0 Å². The molecule has 0 aliphatic carbocycles. The predicted molar refractivity (Wildman–Crippen MR) is 69.0 cm³/mol. The lowest BCUT2D eigenvalue weighted by atomic mass is 10.0. The number of hydrogen-bond acceptors (Lipinski definition) is 3. The summed E-state index contributed by atoms with van der Waals surface area (Å²) in [4.78, 5) is 13.4. The van der Waals surface area contributed by atoms with E-state index in [1.807, 2.05) is 34.6 Å². The SMILES string of the molecule is CC.CC(C)(C)OC(=O)N1CCCCC1CO. The van der Waals surface area contributed by atoms with Crippen molar-refractivity contribution < 1.29 is 14.6 Å². The van der Waals surface area contributed by atoms with Crippen molar-refractivity contribution in [2.24, 2.45) is 0 Å². The summed E-state index contributed by atoms with van der Waals surface area (Å²) in [5.74, 6) is 0. The van der Waals surface area contributed by atoms with Gasteiger partial charge in [0, 0.05) is 6.54 Å². The van der Waals surface area contributed by atoms with Crippen molar-refractivity contribution in [2.45, 2.75) is 65.5 Å².